The molecule has 0 aromatic heterocycles. The van der Waals surface area contributed by atoms with Crippen LogP contribution in [0, 0.1) is 5.92 Å². The van der Waals surface area contributed by atoms with E-state index in [2.05, 4.69) is 0 Å². The summed E-state index contributed by atoms with van der Waals surface area (Å²) >= 11 is 0. The van der Waals surface area contributed by atoms with Gasteiger partial charge in [0.05, 0.1) is 0 Å². The number of carbonyl (C=O) groups excluding carboxylic acids is 1. The van der Waals surface area contributed by atoms with Crippen LogP contribution in [0.2, 0.25) is 0 Å². The number of rotatable bonds is 6. The second kappa shape index (κ2) is 7.35. The molecule has 0 aromatic carbocycles. The minimum absolute atomic E-state index is 0.0465. The van der Waals surface area contributed by atoms with Gasteiger partial charge >= 0.3 is 0 Å². The van der Waals surface area contributed by atoms with Crippen LogP contribution < -0.4 is 10.9 Å². The third-order valence-corrected chi connectivity index (χ3v) is 4.71. The number of hydrogen-bond acceptors (Lipinski definition) is 4. The van der Waals surface area contributed by atoms with Crippen LogP contribution in [0.15, 0.2) is 0 Å². The Morgan fingerprint density at radius 1 is 1.15 bits per heavy atom. The van der Waals surface area contributed by atoms with E-state index in [1.807, 2.05) is 13.8 Å². The Labute approximate surface area is 121 Å². The quantitative estimate of drug-likeness (QED) is 0.688. The molecule has 0 spiro atoms. The molecule has 20 heavy (non-hydrogen) atoms. The van der Waals surface area contributed by atoms with Crippen molar-refractivity contribution in [2.75, 3.05) is 26.2 Å². The molecular formula is C12H26N4O3S. The van der Waals surface area contributed by atoms with Crippen molar-refractivity contribution >= 4 is 16.1 Å². The van der Waals surface area contributed by atoms with Crippen LogP contribution in [-0.2, 0) is 15.0 Å². The zero-order chi connectivity index (χ0) is 15.3. The molecule has 1 heterocycles. The zero-order valence-corrected chi connectivity index (χ0v) is 13.1. The third-order valence-electron chi connectivity index (χ3n) is 3.63. The Hall–Kier alpha value is -0.700. The van der Waals surface area contributed by atoms with Gasteiger partial charge in [0.25, 0.3) is 10.2 Å². The van der Waals surface area contributed by atoms with Crippen LogP contribution in [0.1, 0.15) is 33.1 Å². The van der Waals surface area contributed by atoms with E-state index in [1.54, 1.807) is 4.90 Å². The summed E-state index contributed by atoms with van der Waals surface area (Å²) in [6.45, 7) is 5.24. The summed E-state index contributed by atoms with van der Waals surface area (Å²) in [6, 6.07) is 0.163. The van der Waals surface area contributed by atoms with Crippen molar-refractivity contribution in [3.63, 3.8) is 0 Å². The summed E-state index contributed by atoms with van der Waals surface area (Å²) < 4.78 is 23.6. The predicted octanol–water partition coefficient (Wildman–Crippen LogP) is -0.512. The average molecular weight is 306 g/mol. The molecule has 1 amide bonds. The topological polar surface area (TPSA) is 110 Å². The third kappa shape index (κ3) is 5.35. The number of amides is 1. The predicted molar refractivity (Wildman–Crippen MR) is 77.9 cm³/mol. The van der Waals surface area contributed by atoms with Gasteiger partial charge in [0.15, 0.2) is 0 Å². The molecule has 118 valence electrons. The molecule has 0 saturated carbocycles. The van der Waals surface area contributed by atoms with Gasteiger partial charge in [-0.25, -0.2) is 5.14 Å². The highest BCUT2D eigenvalue weighted by Gasteiger charge is 2.28. The summed E-state index contributed by atoms with van der Waals surface area (Å²) in [7, 11) is -3.64. The maximum Gasteiger partial charge on any atom is 0.277 e. The molecule has 8 heteroatoms. The van der Waals surface area contributed by atoms with E-state index >= 15 is 0 Å². The molecule has 7 nitrogen and oxygen atoms in total. The highest BCUT2D eigenvalue weighted by Crippen LogP contribution is 2.14. The van der Waals surface area contributed by atoms with E-state index in [4.69, 9.17) is 10.9 Å². The molecule has 4 N–H and O–H groups in total. The second-order valence-electron chi connectivity index (χ2n) is 5.58. The first-order valence-corrected chi connectivity index (χ1v) is 8.54. The van der Waals surface area contributed by atoms with Gasteiger partial charge in [0, 0.05) is 38.1 Å². The fourth-order valence-corrected chi connectivity index (χ4v) is 3.02. The van der Waals surface area contributed by atoms with E-state index in [9.17, 15) is 13.2 Å². The lowest BCUT2D eigenvalue weighted by Gasteiger charge is -2.34. The molecule has 1 aliphatic rings. The lowest BCUT2D eigenvalue weighted by Crippen LogP contribution is -2.53. The Bertz CT molecular complexity index is 416. The molecule has 0 aromatic rings. The normalized spacial score (nSPS) is 20.7. The van der Waals surface area contributed by atoms with Crippen molar-refractivity contribution in [2.45, 2.75) is 39.2 Å². The summed E-state index contributed by atoms with van der Waals surface area (Å²) in [6.07, 6.45) is 2.66. The maximum atomic E-state index is 12.2. The van der Waals surface area contributed by atoms with E-state index in [0.29, 0.717) is 13.1 Å². The Kier molecular flexibility index (Phi) is 6.38. The molecule has 0 bridgehead atoms. The molecule has 1 saturated heterocycles. The lowest BCUT2D eigenvalue weighted by atomic mass is 10.0. The van der Waals surface area contributed by atoms with Crippen LogP contribution in [-0.4, -0.2) is 55.8 Å². The molecular weight excluding hydrogens is 280 g/mol. The standard InChI is InChI=1S/C12H26N4O3S/c1-10(4-3-5-11(2)13)12(17)15-6-8-16(9-7-15)20(14,18)19/h10-11H,3-9,13H2,1-2H3,(H2,14,18,19). The summed E-state index contributed by atoms with van der Waals surface area (Å²) in [4.78, 5) is 13.9. The summed E-state index contributed by atoms with van der Waals surface area (Å²) in [5.74, 6) is 0.0403. The monoisotopic (exact) mass is 306 g/mol. The van der Waals surface area contributed by atoms with Gasteiger partial charge in [0.1, 0.15) is 0 Å². The lowest BCUT2D eigenvalue weighted by molar-refractivity contribution is -0.136. The van der Waals surface area contributed by atoms with Crippen molar-refractivity contribution < 1.29 is 13.2 Å². The molecule has 0 radical (unpaired) electrons. The van der Waals surface area contributed by atoms with Crippen molar-refractivity contribution in [1.82, 2.24) is 9.21 Å². The van der Waals surface area contributed by atoms with Crippen molar-refractivity contribution in [1.29, 1.82) is 0 Å². The van der Waals surface area contributed by atoms with E-state index in [0.717, 1.165) is 19.3 Å². The fraction of sp³-hybridized carbons (Fsp3) is 0.917. The number of carbonyl (C=O) groups is 1. The highest BCUT2D eigenvalue weighted by molar-refractivity contribution is 7.86. The van der Waals surface area contributed by atoms with E-state index in [1.165, 1.54) is 4.31 Å². The van der Waals surface area contributed by atoms with Crippen molar-refractivity contribution in [3.8, 4) is 0 Å². The largest absolute Gasteiger partial charge is 0.340 e. The van der Waals surface area contributed by atoms with Gasteiger partial charge in [-0.2, -0.15) is 12.7 Å². The van der Waals surface area contributed by atoms with Gasteiger partial charge in [-0.05, 0) is 19.8 Å². The molecule has 1 aliphatic heterocycles. The van der Waals surface area contributed by atoms with Crippen molar-refractivity contribution in [2.24, 2.45) is 16.8 Å². The smallest absolute Gasteiger partial charge is 0.277 e. The minimum Gasteiger partial charge on any atom is -0.340 e. The number of nitrogens with zero attached hydrogens (tertiary/aromatic N) is 2. The SMILES string of the molecule is CC(N)CCCC(C)C(=O)N1CCN(S(N)(=O)=O)CC1. The summed E-state index contributed by atoms with van der Waals surface area (Å²) in [5.41, 5.74) is 5.68. The first-order chi connectivity index (χ1) is 9.21. The van der Waals surface area contributed by atoms with Crippen LogP contribution in [0.5, 0.6) is 0 Å². The molecule has 1 fully saturated rings. The van der Waals surface area contributed by atoms with Gasteiger partial charge in [-0.15, -0.1) is 0 Å². The maximum absolute atomic E-state index is 12.2. The van der Waals surface area contributed by atoms with Gasteiger partial charge < -0.3 is 10.6 Å². The average Bonchev–Trinajstić information content (AvgIpc) is 2.36. The number of nitrogens with two attached hydrogens (primary N) is 2. The molecule has 2 atom stereocenters. The summed E-state index contributed by atoms with van der Waals surface area (Å²) in [5, 5.41) is 5.07. The molecule has 2 unspecified atom stereocenters. The van der Waals surface area contributed by atoms with Gasteiger partial charge in [0.2, 0.25) is 5.91 Å². The second-order valence-corrected chi connectivity index (χ2v) is 7.12. The van der Waals surface area contributed by atoms with Crippen molar-refractivity contribution in [3.05, 3.63) is 0 Å². The Morgan fingerprint density at radius 3 is 2.15 bits per heavy atom. The molecule has 1 rings (SSSR count). The Morgan fingerprint density at radius 2 is 1.70 bits per heavy atom. The zero-order valence-electron chi connectivity index (χ0n) is 12.3. The fourth-order valence-electron chi connectivity index (χ4n) is 2.34. The van der Waals surface area contributed by atoms with Crippen LogP contribution in [0.3, 0.4) is 0 Å². The number of hydrogen-bond donors (Lipinski definition) is 2. The van der Waals surface area contributed by atoms with E-state index < -0.39 is 10.2 Å². The molecule has 0 aliphatic carbocycles. The number of piperazine rings is 1. The van der Waals surface area contributed by atoms with Gasteiger partial charge in [-0.3, -0.25) is 4.79 Å². The highest BCUT2D eigenvalue weighted by atomic mass is 32.2. The first-order valence-electron chi connectivity index (χ1n) is 7.04. The van der Waals surface area contributed by atoms with Crippen LogP contribution in [0.25, 0.3) is 0 Å². The van der Waals surface area contributed by atoms with Gasteiger partial charge in [-0.1, -0.05) is 13.3 Å². The van der Waals surface area contributed by atoms with Crippen LogP contribution >= 0.6 is 0 Å². The van der Waals surface area contributed by atoms with E-state index in [-0.39, 0.29) is 31.0 Å². The first kappa shape index (κ1) is 17.4. The Balaban J connectivity index is 2.38. The minimum atomic E-state index is -3.64. The van der Waals surface area contributed by atoms with Crippen LogP contribution in [0.4, 0.5) is 0 Å².